The van der Waals surface area contributed by atoms with Gasteiger partial charge in [0.15, 0.2) is 0 Å². The molecule has 1 aromatic heterocycles. The van der Waals surface area contributed by atoms with Crippen LogP contribution in [0.15, 0.2) is 60.8 Å². The van der Waals surface area contributed by atoms with Gasteiger partial charge in [-0.05, 0) is 48.4 Å². The molecule has 144 valence electrons. The second-order valence-corrected chi connectivity index (χ2v) is 6.41. The van der Waals surface area contributed by atoms with E-state index in [4.69, 9.17) is 16.3 Å². The SMILES string of the molecule is COc1ccc(NC(=O)c2ccc(NCCc3ccccc3F)nc2)cc1Cl. The lowest BCUT2D eigenvalue weighted by Crippen LogP contribution is -2.13. The lowest BCUT2D eigenvalue weighted by atomic mass is 10.1. The second-order valence-electron chi connectivity index (χ2n) is 6.00. The predicted molar refractivity (Wildman–Crippen MR) is 109 cm³/mol. The maximum atomic E-state index is 13.6. The number of pyridine rings is 1. The van der Waals surface area contributed by atoms with Crippen molar-refractivity contribution in [2.75, 3.05) is 24.3 Å². The van der Waals surface area contributed by atoms with Crippen molar-refractivity contribution in [2.24, 2.45) is 0 Å². The Hall–Kier alpha value is -3.12. The first-order chi connectivity index (χ1) is 13.6. The van der Waals surface area contributed by atoms with E-state index in [-0.39, 0.29) is 11.7 Å². The topological polar surface area (TPSA) is 63.2 Å². The summed E-state index contributed by atoms with van der Waals surface area (Å²) in [6.07, 6.45) is 2.01. The van der Waals surface area contributed by atoms with Crippen LogP contribution in [-0.2, 0) is 6.42 Å². The third kappa shape index (κ3) is 4.98. The number of aromatic nitrogens is 1. The van der Waals surface area contributed by atoms with Gasteiger partial charge in [-0.25, -0.2) is 9.37 Å². The van der Waals surface area contributed by atoms with Crippen molar-refractivity contribution in [3.05, 3.63) is 82.8 Å². The molecule has 0 aliphatic carbocycles. The number of carbonyl (C=O) groups excluding carboxylic acids is 1. The quantitative estimate of drug-likeness (QED) is 0.599. The molecule has 2 aromatic carbocycles. The summed E-state index contributed by atoms with van der Waals surface area (Å²) in [5.41, 5.74) is 1.61. The Balaban J connectivity index is 1.55. The number of hydrogen-bond acceptors (Lipinski definition) is 4. The molecule has 28 heavy (non-hydrogen) atoms. The minimum atomic E-state index is -0.299. The van der Waals surface area contributed by atoms with Gasteiger partial charge in [0, 0.05) is 18.4 Å². The van der Waals surface area contributed by atoms with Crippen LogP contribution >= 0.6 is 11.6 Å². The molecule has 0 aliphatic heterocycles. The van der Waals surface area contributed by atoms with Crippen LogP contribution in [0.1, 0.15) is 15.9 Å². The molecule has 0 fully saturated rings. The Morgan fingerprint density at radius 1 is 1.18 bits per heavy atom. The van der Waals surface area contributed by atoms with Gasteiger partial charge in [0.1, 0.15) is 17.4 Å². The molecule has 2 N–H and O–H groups in total. The molecule has 0 radical (unpaired) electrons. The van der Waals surface area contributed by atoms with Gasteiger partial charge in [0.2, 0.25) is 0 Å². The smallest absolute Gasteiger partial charge is 0.257 e. The number of nitrogens with zero attached hydrogens (tertiary/aromatic N) is 1. The van der Waals surface area contributed by atoms with E-state index in [2.05, 4.69) is 15.6 Å². The Bertz CT molecular complexity index is 964. The lowest BCUT2D eigenvalue weighted by molar-refractivity contribution is 0.102. The number of ether oxygens (including phenoxy) is 1. The third-order valence-electron chi connectivity index (χ3n) is 4.09. The molecule has 3 aromatic rings. The summed E-state index contributed by atoms with van der Waals surface area (Å²) < 4.78 is 18.7. The van der Waals surface area contributed by atoms with Crippen LogP contribution in [0.4, 0.5) is 15.9 Å². The summed E-state index contributed by atoms with van der Waals surface area (Å²) in [5, 5.41) is 6.29. The molecule has 7 heteroatoms. The predicted octanol–water partition coefficient (Wildman–Crippen LogP) is 4.79. The summed E-state index contributed by atoms with van der Waals surface area (Å²) in [5.74, 6) is 0.627. The summed E-state index contributed by atoms with van der Waals surface area (Å²) in [6, 6.07) is 15.0. The monoisotopic (exact) mass is 399 g/mol. The van der Waals surface area contributed by atoms with Crippen molar-refractivity contribution < 1.29 is 13.9 Å². The number of methoxy groups -OCH3 is 1. The molecule has 0 spiro atoms. The van der Waals surface area contributed by atoms with Crippen LogP contribution in [-0.4, -0.2) is 24.5 Å². The van der Waals surface area contributed by atoms with Gasteiger partial charge in [-0.1, -0.05) is 29.8 Å². The summed E-state index contributed by atoms with van der Waals surface area (Å²) in [4.78, 5) is 16.6. The van der Waals surface area contributed by atoms with Crippen molar-refractivity contribution >= 4 is 29.0 Å². The Morgan fingerprint density at radius 2 is 2.00 bits per heavy atom. The van der Waals surface area contributed by atoms with E-state index in [1.54, 1.807) is 48.5 Å². The standard InChI is InChI=1S/C21H19ClFN3O2/c1-28-19-8-7-16(12-17(19)22)26-21(27)15-6-9-20(25-13-15)24-11-10-14-4-2-3-5-18(14)23/h2-9,12-13H,10-11H2,1H3,(H,24,25)(H,26,27). The number of nitrogens with one attached hydrogen (secondary N) is 2. The fraction of sp³-hybridized carbons (Fsp3) is 0.143. The minimum absolute atomic E-state index is 0.220. The van der Waals surface area contributed by atoms with Gasteiger partial charge >= 0.3 is 0 Å². The average Bonchev–Trinajstić information content (AvgIpc) is 2.70. The normalized spacial score (nSPS) is 10.4. The van der Waals surface area contributed by atoms with E-state index < -0.39 is 0 Å². The van der Waals surface area contributed by atoms with Crippen molar-refractivity contribution in [2.45, 2.75) is 6.42 Å². The molecule has 0 atom stereocenters. The highest BCUT2D eigenvalue weighted by Gasteiger charge is 2.09. The molecular formula is C21H19ClFN3O2. The average molecular weight is 400 g/mol. The molecular weight excluding hydrogens is 381 g/mol. The number of carbonyl (C=O) groups is 1. The van der Waals surface area contributed by atoms with Crippen LogP contribution in [0, 0.1) is 5.82 Å². The summed E-state index contributed by atoms with van der Waals surface area (Å²) in [7, 11) is 1.52. The van der Waals surface area contributed by atoms with Gasteiger partial charge in [-0.2, -0.15) is 0 Å². The highest BCUT2D eigenvalue weighted by atomic mass is 35.5. The number of halogens is 2. The Kier molecular flexibility index (Phi) is 6.45. The minimum Gasteiger partial charge on any atom is -0.495 e. The van der Waals surface area contributed by atoms with Gasteiger partial charge in [-0.3, -0.25) is 4.79 Å². The van der Waals surface area contributed by atoms with Gasteiger partial charge < -0.3 is 15.4 Å². The zero-order valence-corrected chi connectivity index (χ0v) is 16.0. The van der Waals surface area contributed by atoms with Crippen LogP contribution in [0.2, 0.25) is 5.02 Å². The molecule has 1 heterocycles. The fourth-order valence-electron chi connectivity index (χ4n) is 2.61. The maximum absolute atomic E-state index is 13.6. The second kappa shape index (κ2) is 9.19. The maximum Gasteiger partial charge on any atom is 0.257 e. The van der Waals surface area contributed by atoms with Gasteiger partial charge in [0.25, 0.3) is 5.91 Å². The first-order valence-corrected chi connectivity index (χ1v) is 9.03. The molecule has 0 bridgehead atoms. The number of rotatable bonds is 7. The van der Waals surface area contributed by atoms with E-state index in [1.165, 1.54) is 19.4 Å². The molecule has 3 rings (SSSR count). The van der Waals surface area contributed by atoms with Crippen molar-refractivity contribution in [3.8, 4) is 5.75 Å². The molecule has 5 nitrogen and oxygen atoms in total. The van der Waals surface area contributed by atoms with Crippen molar-refractivity contribution in [3.63, 3.8) is 0 Å². The van der Waals surface area contributed by atoms with Crippen LogP contribution in [0.3, 0.4) is 0 Å². The van der Waals surface area contributed by atoms with Crippen LogP contribution in [0.5, 0.6) is 5.75 Å². The van der Waals surface area contributed by atoms with Crippen LogP contribution in [0.25, 0.3) is 0 Å². The third-order valence-corrected chi connectivity index (χ3v) is 4.39. The number of hydrogen-bond donors (Lipinski definition) is 2. The summed E-state index contributed by atoms with van der Waals surface area (Å²) in [6.45, 7) is 0.532. The highest BCUT2D eigenvalue weighted by Crippen LogP contribution is 2.27. The first-order valence-electron chi connectivity index (χ1n) is 8.65. The summed E-state index contributed by atoms with van der Waals surface area (Å²) >= 11 is 6.06. The zero-order chi connectivity index (χ0) is 19.9. The molecule has 0 unspecified atom stereocenters. The highest BCUT2D eigenvalue weighted by molar-refractivity contribution is 6.32. The lowest BCUT2D eigenvalue weighted by Gasteiger charge is -2.09. The molecule has 0 aliphatic rings. The molecule has 1 amide bonds. The van der Waals surface area contributed by atoms with E-state index in [1.807, 2.05) is 0 Å². The fourth-order valence-corrected chi connectivity index (χ4v) is 2.86. The Labute approximate surface area is 167 Å². The van der Waals surface area contributed by atoms with Crippen LogP contribution < -0.4 is 15.4 Å². The Morgan fingerprint density at radius 3 is 2.68 bits per heavy atom. The number of benzene rings is 2. The van der Waals surface area contributed by atoms with E-state index in [9.17, 15) is 9.18 Å². The van der Waals surface area contributed by atoms with Gasteiger partial charge in [-0.15, -0.1) is 0 Å². The molecule has 0 saturated heterocycles. The van der Waals surface area contributed by atoms with E-state index >= 15 is 0 Å². The first kappa shape index (κ1) is 19.6. The van der Waals surface area contributed by atoms with Crippen molar-refractivity contribution in [1.82, 2.24) is 4.98 Å². The van der Waals surface area contributed by atoms with E-state index in [0.29, 0.717) is 46.4 Å². The largest absolute Gasteiger partial charge is 0.495 e. The molecule has 0 saturated carbocycles. The van der Waals surface area contributed by atoms with Gasteiger partial charge in [0.05, 0.1) is 17.7 Å². The van der Waals surface area contributed by atoms with E-state index in [0.717, 1.165) is 0 Å². The number of amides is 1. The zero-order valence-electron chi connectivity index (χ0n) is 15.2. The van der Waals surface area contributed by atoms with Crippen molar-refractivity contribution in [1.29, 1.82) is 0 Å². The number of anilines is 2.